The molecule has 94 valence electrons. The Bertz CT molecular complexity index is 439. The average molecular weight is 240 g/mol. The quantitative estimate of drug-likeness (QED) is 0.811. The lowest BCUT2D eigenvalue weighted by atomic mass is 10.1. The van der Waals surface area contributed by atoms with E-state index in [0.717, 1.165) is 13.1 Å². The molecule has 0 aromatic heterocycles. The second kappa shape index (κ2) is 6.94. The maximum atomic E-state index is 3.49. The summed E-state index contributed by atoms with van der Waals surface area (Å²) in [5.74, 6) is 0. The summed E-state index contributed by atoms with van der Waals surface area (Å²) in [6, 6.07) is 21.4. The van der Waals surface area contributed by atoms with Crippen LogP contribution in [0.4, 0.5) is 0 Å². The monoisotopic (exact) mass is 240 g/mol. The molecule has 0 aliphatic rings. The van der Waals surface area contributed by atoms with E-state index in [1.807, 2.05) is 19.2 Å². The summed E-state index contributed by atoms with van der Waals surface area (Å²) in [6.45, 7) is 1.83. The number of benzene rings is 2. The molecule has 0 saturated carbocycles. The van der Waals surface area contributed by atoms with Crippen molar-refractivity contribution in [3.63, 3.8) is 0 Å². The van der Waals surface area contributed by atoms with Crippen molar-refractivity contribution in [2.45, 2.75) is 12.6 Å². The van der Waals surface area contributed by atoms with Crippen LogP contribution in [0.15, 0.2) is 60.7 Å². The minimum atomic E-state index is 0.356. The van der Waals surface area contributed by atoms with Gasteiger partial charge in [0.1, 0.15) is 0 Å². The summed E-state index contributed by atoms with van der Waals surface area (Å²) < 4.78 is 0. The standard InChI is InChI=1S/C16H20N2/c1-17-16(15-10-6-3-7-11-15)13-18-12-14-8-4-2-5-9-14/h2-11,16-18H,12-13H2,1H3/t16-/m1/s1. The van der Waals surface area contributed by atoms with Crippen LogP contribution in [-0.4, -0.2) is 13.6 Å². The topological polar surface area (TPSA) is 24.1 Å². The van der Waals surface area contributed by atoms with Crippen molar-refractivity contribution >= 4 is 0 Å². The third-order valence-corrected chi connectivity index (χ3v) is 3.07. The first-order valence-corrected chi connectivity index (χ1v) is 6.37. The summed E-state index contributed by atoms with van der Waals surface area (Å²) >= 11 is 0. The third kappa shape index (κ3) is 3.69. The predicted octanol–water partition coefficient (Wildman–Crippen LogP) is 2.74. The first-order chi connectivity index (χ1) is 8.90. The Kier molecular flexibility index (Phi) is 4.94. The minimum absolute atomic E-state index is 0.356. The molecular weight excluding hydrogens is 220 g/mol. The lowest BCUT2D eigenvalue weighted by Gasteiger charge is -2.17. The van der Waals surface area contributed by atoms with Crippen LogP contribution in [-0.2, 0) is 6.54 Å². The molecule has 0 bridgehead atoms. The fraction of sp³-hybridized carbons (Fsp3) is 0.250. The highest BCUT2D eigenvalue weighted by Gasteiger charge is 2.07. The van der Waals surface area contributed by atoms with Gasteiger partial charge >= 0.3 is 0 Å². The first-order valence-electron chi connectivity index (χ1n) is 6.37. The van der Waals surface area contributed by atoms with Crippen LogP contribution in [0, 0.1) is 0 Å². The van der Waals surface area contributed by atoms with Gasteiger partial charge in [-0.25, -0.2) is 0 Å². The van der Waals surface area contributed by atoms with Crippen LogP contribution in [0.5, 0.6) is 0 Å². The van der Waals surface area contributed by atoms with E-state index in [2.05, 4.69) is 59.2 Å². The summed E-state index contributed by atoms with van der Waals surface area (Å²) in [5.41, 5.74) is 2.64. The average Bonchev–Trinajstić information content (AvgIpc) is 2.46. The van der Waals surface area contributed by atoms with Gasteiger partial charge in [0, 0.05) is 19.1 Å². The Labute approximate surface area is 109 Å². The van der Waals surface area contributed by atoms with Crippen LogP contribution < -0.4 is 10.6 Å². The van der Waals surface area contributed by atoms with E-state index in [1.54, 1.807) is 0 Å². The fourth-order valence-corrected chi connectivity index (χ4v) is 2.03. The van der Waals surface area contributed by atoms with Crippen molar-refractivity contribution < 1.29 is 0 Å². The Hall–Kier alpha value is -1.64. The van der Waals surface area contributed by atoms with Crippen LogP contribution >= 0.6 is 0 Å². The molecule has 2 nitrogen and oxygen atoms in total. The molecule has 0 heterocycles. The van der Waals surface area contributed by atoms with E-state index in [0.29, 0.717) is 6.04 Å². The smallest absolute Gasteiger partial charge is 0.0444 e. The molecule has 2 aromatic rings. The molecule has 0 unspecified atom stereocenters. The molecule has 2 heteroatoms. The molecule has 0 spiro atoms. The Morgan fingerprint density at radius 1 is 0.889 bits per heavy atom. The molecule has 2 rings (SSSR count). The van der Waals surface area contributed by atoms with Gasteiger partial charge in [0.25, 0.3) is 0 Å². The second-order valence-corrected chi connectivity index (χ2v) is 4.37. The minimum Gasteiger partial charge on any atom is -0.312 e. The van der Waals surface area contributed by atoms with Crippen LogP contribution in [0.25, 0.3) is 0 Å². The molecule has 2 N–H and O–H groups in total. The lowest BCUT2D eigenvalue weighted by Crippen LogP contribution is -2.29. The molecule has 0 amide bonds. The Balaban J connectivity index is 1.85. The van der Waals surface area contributed by atoms with Crippen LogP contribution in [0.3, 0.4) is 0 Å². The highest BCUT2D eigenvalue weighted by atomic mass is 15.0. The number of nitrogens with one attached hydrogen (secondary N) is 2. The molecule has 0 aliphatic heterocycles. The zero-order valence-electron chi connectivity index (χ0n) is 10.8. The van der Waals surface area contributed by atoms with E-state index in [4.69, 9.17) is 0 Å². The van der Waals surface area contributed by atoms with Gasteiger partial charge in [0.05, 0.1) is 0 Å². The number of rotatable bonds is 6. The molecular formula is C16H20N2. The van der Waals surface area contributed by atoms with Crippen molar-refractivity contribution in [3.8, 4) is 0 Å². The van der Waals surface area contributed by atoms with E-state index >= 15 is 0 Å². The maximum absolute atomic E-state index is 3.49. The van der Waals surface area contributed by atoms with Crippen LogP contribution in [0.1, 0.15) is 17.2 Å². The fourth-order valence-electron chi connectivity index (χ4n) is 2.03. The second-order valence-electron chi connectivity index (χ2n) is 4.37. The third-order valence-electron chi connectivity index (χ3n) is 3.07. The molecule has 0 aliphatic carbocycles. The summed E-state index contributed by atoms with van der Waals surface area (Å²) in [5, 5.41) is 6.83. The van der Waals surface area contributed by atoms with E-state index < -0.39 is 0 Å². The Morgan fingerprint density at radius 2 is 1.50 bits per heavy atom. The normalized spacial score (nSPS) is 12.3. The molecule has 0 fully saturated rings. The highest BCUT2D eigenvalue weighted by Crippen LogP contribution is 2.10. The maximum Gasteiger partial charge on any atom is 0.0444 e. The summed E-state index contributed by atoms with van der Waals surface area (Å²) in [4.78, 5) is 0. The summed E-state index contributed by atoms with van der Waals surface area (Å²) in [6.07, 6.45) is 0. The lowest BCUT2D eigenvalue weighted by molar-refractivity contribution is 0.528. The van der Waals surface area contributed by atoms with Gasteiger partial charge in [0.2, 0.25) is 0 Å². The van der Waals surface area contributed by atoms with Crippen molar-refractivity contribution in [2.75, 3.05) is 13.6 Å². The first kappa shape index (κ1) is 12.8. The van der Waals surface area contributed by atoms with Gasteiger partial charge in [-0.1, -0.05) is 60.7 Å². The molecule has 0 saturated heterocycles. The van der Waals surface area contributed by atoms with E-state index in [-0.39, 0.29) is 0 Å². The van der Waals surface area contributed by atoms with Crippen molar-refractivity contribution in [1.29, 1.82) is 0 Å². The van der Waals surface area contributed by atoms with Crippen molar-refractivity contribution in [3.05, 3.63) is 71.8 Å². The highest BCUT2D eigenvalue weighted by molar-refractivity contribution is 5.19. The van der Waals surface area contributed by atoms with Gasteiger partial charge in [-0.05, 0) is 18.2 Å². The number of likely N-dealkylation sites (N-methyl/N-ethyl adjacent to an activating group) is 1. The van der Waals surface area contributed by atoms with E-state index in [1.165, 1.54) is 11.1 Å². The van der Waals surface area contributed by atoms with Gasteiger partial charge < -0.3 is 10.6 Å². The molecule has 18 heavy (non-hydrogen) atoms. The van der Waals surface area contributed by atoms with Gasteiger partial charge in [-0.3, -0.25) is 0 Å². The predicted molar refractivity (Wildman–Crippen MR) is 76.4 cm³/mol. The van der Waals surface area contributed by atoms with Crippen molar-refractivity contribution in [2.24, 2.45) is 0 Å². The molecule has 0 radical (unpaired) electrons. The SMILES string of the molecule is CN[C@H](CNCc1ccccc1)c1ccccc1. The van der Waals surface area contributed by atoms with Gasteiger partial charge in [0.15, 0.2) is 0 Å². The number of hydrogen-bond donors (Lipinski definition) is 2. The Morgan fingerprint density at radius 3 is 2.11 bits per heavy atom. The van der Waals surface area contributed by atoms with Crippen LogP contribution in [0.2, 0.25) is 0 Å². The van der Waals surface area contributed by atoms with Gasteiger partial charge in [-0.15, -0.1) is 0 Å². The zero-order chi connectivity index (χ0) is 12.6. The largest absolute Gasteiger partial charge is 0.312 e. The molecule has 1 atom stereocenters. The van der Waals surface area contributed by atoms with E-state index in [9.17, 15) is 0 Å². The summed E-state index contributed by atoms with van der Waals surface area (Å²) in [7, 11) is 2.00. The number of hydrogen-bond acceptors (Lipinski definition) is 2. The molecule has 2 aromatic carbocycles. The zero-order valence-corrected chi connectivity index (χ0v) is 10.8. The van der Waals surface area contributed by atoms with Gasteiger partial charge in [-0.2, -0.15) is 0 Å². The van der Waals surface area contributed by atoms with Crippen molar-refractivity contribution in [1.82, 2.24) is 10.6 Å².